The van der Waals surface area contributed by atoms with Gasteiger partial charge in [-0.25, -0.2) is 27.7 Å². The van der Waals surface area contributed by atoms with Crippen LogP contribution in [-0.4, -0.2) is 64.3 Å². The van der Waals surface area contributed by atoms with E-state index in [4.69, 9.17) is 0 Å². The predicted molar refractivity (Wildman–Crippen MR) is 107 cm³/mol. The zero-order chi connectivity index (χ0) is 24.8. The number of sulfonamides is 1. The molecule has 1 unspecified atom stereocenters. The normalized spacial score (nSPS) is 21.7. The molecule has 0 aliphatic carbocycles. The second-order valence-electron chi connectivity index (χ2n) is 7.60. The molecule has 1 fully saturated rings. The molecule has 2 aromatic rings. The number of hydrogen-bond acceptors (Lipinski definition) is 8. The van der Waals surface area contributed by atoms with E-state index < -0.39 is 49.6 Å². The maximum atomic E-state index is 13.5. The summed E-state index contributed by atoms with van der Waals surface area (Å²) in [6.07, 6.45) is -10.2. The van der Waals surface area contributed by atoms with Crippen molar-refractivity contribution in [1.82, 2.24) is 19.3 Å². The number of halogens is 6. The van der Waals surface area contributed by atoms with Gasteiger partial charge < -0.3 is 10.4 Å². The Hall–Kier alpha value is -2.04. The topological polar surface area (TPSA) is 108 Å². The minimum Gasteiger partial charge on any atom is -0.379 e. The first-order valence-corrected chi connectivity index (χ1v) is 12.1. The molecular formula is C17H19F6N5O3S2. The summed E-state index contributed by atoms with van der Waals surface area (Å²) in [7, 11) is -3.39. The first-order chi connectivity index (χ1) is 15.1. The van der Waals surface area contributed by atoms with E-state index in [0.717, 1.165) is 6.26 Å². The Morgan fingerprint density at radius 3 is 2.42 bits per heavy atom. The maximum absolute atomic E-state index is 13.5. The predicted octanol–water partition coefficient (Wildman–Crippen LogP) is 3.30. The van der Waals surface area contributed by atoms with Crippen LogP contribution in [0, 0.1) is 5.92 Å². The van der Waals surface area contributed by atoms with Crippen molar-refractivity contribution in [1.29, 1.82) is 0 Å². The van der Waals surface area contributed by atoms with Gasteiger partial charge in [-0.15, -0.1) is 11.3 Å². The van der Waals surface area contributed by atoms with Crippen LogP contribution < -0.4 is 5.32 Å². The maximum Gasteiger partial charge on any atom is 0.420 e. The summed E-state index contributed by atoms with van der Waals surface area (Å²) in [5, 5.41) is 11.8. The summed E-state index contributed by atoms with van der Waals surface area (Å²) >= 11 is 0.237. The Morgan fingerprint density at radius 2 is 1.88 bits per heavy atom. The number of aliphatic hydroxyl groups excluding tert-OH is 1. The molecule has 0 spiro atoms. The molecule has 184 valence electrons. The van der Waals surface area contributed by atoms with Gasteiger partial charge in [0.1, 0.15) is 16.3 Å². The van der Waals surface area contributed by atoms with Gasteiger partial charge >= 0.3 is 12.4 Å². The van der Waals surface area contributed by atoms with Crippen molar-refractivity contribution in [3.63, 3.8) is 0 Å². The van der Waals surface area contributed by atoms with Gasteiger partial charge in [0.05, 0.1) is 11.1 Å². The second kappa shape index (κ2) is 8.96. The zero-order valence-corrected chi connectivity index (χ0v) is 18.8. The fourth-order valence-corrected chi connectivity index (χ4v) is 5.17. The van der Waals surface area contributed by atoms with Gasteiger partial charge in [-0.2, -0.15) is 26.3 Å². The standard InChI is InChI=1S/C17H19F6N5O3S2/c1-8-7-28(33(2,30)31)4-3-10(8)26-15-25-5-9(16(18,19)20)12(27-15)14-24-6-11(32-14)13(29)17(21,22)23/h5-6,8,10,13,29H,3-4,7H2,1-2H3,(H,25,26,27)/t8-,10+,13?/m1/s1. The highest BCUT2D eigenvalue weighted by Crippen LogP contribution is 2.41. The molecule has 1 aliphatic rings. The van der Waals surface area contributed by atoms with Crippen LogP contribution in [0.3, 0.4) is 0 Å². The minimum absolute atomic E-state index is 0.190. The number of anilines is 1. The molecule has 3 heterocycles. The first kappa shape index (κ1) is 25.6. The average molecular weight is 519 g/mol. The van der Waals surface area contributed by atoms with E-state index in [1.807, 2.05) is 0 Å². The molecule has 8 nitrogen and oxygen atoms in total. The number of piperidine rings is 1. The van der Waals surface area contributed by atoms with Crippen LogP contribution in [0.5, 0.6) is 0 Å². The molecule has 1 saturated heterocycles. The van der Waals surface area contributed by atoms with Crippen LogP contribution in [-0.2, 0) is 16.2 Å². The average Bonchev–Trinajstić information content (AvgIpc) is 3.16. The molecule has 0 aromatic carbocycles. The molecule has 2 aromatic heterocycles. The highest BCUT2D eigenvalue weighted by Gasteiger charge is 2.42. The van der Waals surface area contributed by atoms with Crippen molar-refractivity contribution >= 4 is 27.3 Å². The summed E-state index contributed by atoms with van der Waals surface area (Å²) in [6.45, 7) is 2.14. The summed E-state index contributed by atoms with van der Waals surface area (Å²) in [4.78, 5) is 10.5. The van der Waals surface area contributed by atoms with Gasteiger partial charge in [0, 0.05) is 31.5 Å². The number of aromatic nitrogens is 3. The Kier molecular flexibility index (Phi) is 6.94. The van der Waals surface area contributed by atoms with Gasteiger partial charge in [-0.1, -0.05) is 6.92 Å². The van der Waals surface area contributed by atoms with Crippen molar-refractivity contribution in [2.75, 3.05) is 24.7 Å². The van der Waals surface area contributed by atoms with Crippen LogP contribution in [0.25, 0.3) is 10.7 Å². The summed E-state index contributed by atoms with van der Waals surface area (Å²) in [5.41, 5.74) is -2.03. The van der Waals surface area contributed by atoms with E-state index in [2.05, 4.69) is 20.3 Å². The summed E-state index contributed by atoms with van der Waals surface area (Å²) in [6, 6.07) is -0.355. The Balaban J connectivity index is 1.90. The molecule has 16 heteroatoms. The number of nitrogens with one attached hydrogen (secondary N) is 1. The van der Waals surface area contributed by atoms with E-state index in [1.165, 1.54) is 4.31 Å². The Bertz CT molecular complexity index is 1110. The molecule has 33 heavy (non-hydrogen) atoms. The Labute approximate surface area is 188 Å². The number of rotatable bonds is 5. The van der Waals surface area contributed by atoms with Gasteiger partial charge in [0.15, 0.2) is 6.10 Å². The van der Waals surface area contributed by atoms with Crippen LogP contribution >= 0.6 is 11.3 Å². The van der Waals surface area contributed by atoms with E-state index in [9.17, 15) is 39.9 Å². The van der Waals surface area contributed by atoms with Crippen LogP contribution in [0.4, 0.5) is 32.3 Å². The van der Waals surface area contributed by atoms with E-state index in [0.29, 0.717) is 18.8 Å². The summed E-state index contributed by atoms with van der Waals surface area (Å²) < 4.78 is 103. The lowest BCUT2D eigenvalue weighted by Crippen LogP contribution is -2.47. The highest BCUT2D eigenvalue weighted by molar-refractivity contribution is 7.88. The lowest BCUT2D eigenvalue weighted by atomic mass is 9.95. The molecule has 3 rings (SSSR count). The molecule has 0 radical (unpaired) electrons. The van der Waals surface area contributed by atoms with Gasteiger partial charge in [0.25, 0.3) is 0 Å². The van der Waals surface area contributed by atoms with Crippen LogP contribution in [0.1, 0.15) is 29.9 Å². The van der Waals surface area contributed by atoms with Crippen molar-refractivity contribution in [3.8, 4) is 10.7 Å². The van der Waals surface area contributed by atoms with Crippen molar-refractivity contribution in [3.05, 3.63) is 22.8 Å². The molecule has 0 bridgehead atoms. The molecule has 3 atom stereocenters. The number of thiazole rings is 1. The van der Waals surface area contributed by atoms with Crippen LogP contribution in [0.15, 0.2) is 12.4 Å². The second-order valence-corrected chi connectivity index (χ2v) is 10.6. The fraction of sp³-hybridized carbons (Fsp3) is 0.588. The first-order valence-electron chi connectivity index (χ1n) is 9.44. The summed E-state index contributed by atoms with van der Waals surface area (Å²) in [5.74, 6) is -0.438. The van der Waals surface area contributed by atoms with E-state index in [-0.39, 0.29) is 42.3 Å². The lowest BCUT2D eigenvalue weighted by Gasteiger charge is -2.35. The number of hydrogen-bond donors (Lipinski definition) is 2. The highest BCUT2D eigenvalue weighted by atomic mass is 32.2. The van der Waals surface area contributed by atoms with Crippen molar-refractivity contribution < 1.29 is 39.9 Å². The lowest BCUT2D eigenvalue weighted by molar-refractivity contribution is -0.205. The molecule has 1 aliphatic heterocycles. The minimum atomic E-state index is -5.01. The number of nitrogens with zero attached hydrogens (tertiary/aromatic N) is 4. The third kappa shape index (κ3) is 5.91. The Morgan fingerprint density at radius 1 is 1.21 bits per heavy atom. The van der Waals surface area contributed by atoms with Crippen LogP contribution in [0.2, 0.25) is 0 Å². The van der Waals surface area contributed by atoms with Gasteiger partial charge in [0.2, 0.25) is 16.0 Å². The third-order valence-corrected chi connectivity index (χ3v) is 7.38. The number of aliphatic hydroxyl groups is 1. The SMILES string of the molecule is C[C@@H]1CN(S(C)(=O)=O)CC[C@@H]1Nc1ncc(C(F)(F)F)c(-c2ncc(C(O)C(F)(F)F)s2)n1. The molecular weight excluding hydrogens is 500 g/mol. The molecule has 0 amide bonds. The smallest absolute Gasteiger partial charge is 0.379 e. The monoisotopic (exact) mass is 519 g/mol. The largest absolute Gasteiger partial charge is 0.420 e. The number of alkyl halides is 6. The van der Waals surface area contributed by atoms with Gasteiger partial charge in [-0.05, 0) is 12.3 Å². The zero-order valence-electron chi connectivity index (χ0n) is 17.1. The van der Waals surface area contributed by atoms with Crippen molar-refractivity contribution in [2.24, 2.45) is 5.92 Å². The van der Waals surface area contributed by atoms with E-state index >= 15 is 0 Å². The van der Waals surface area contributed by atoms with E-state index in [1.54, 1.807) is 6.92 Å². The fourth-order valence-electron chi connectivity index (χ4n) is 3.29. The third-order valence-electron chi connectivity index (χ3n) is 5.05. The molecule has 2 N–H and O–H groups in total. The van der Waals surface area contributed by atoms with Gasteiger partial charge in [-0.3, -0.25) is 0 Å². The molecule has 0 saturated carbocycles. The quantitative estimate of drug-likeness (QED) is 0.584. The van der Waals surface area contributed by atoms with Crippen molar-refractivity contribution in [2.45, 2.75) is 37.8 Å².